The molecule has 0 aliphatic carbocycles. The number of aromatic nitrogens is 2. The molecule has 0 spiro atoms. The van der Waals surface area contributed by atoms with Crippen LogP contribution in [0.3, 0.4) is 0 Å². The van der Waals surface area contributed by atoms with Crippen LogP contribution >= 0.6 is 24.2 Å². The van der Waals surface area contributed by atoms with Crippen molar-refractivity contribution >= 4 is 30.4 Å². The highest BCUT2D eigenvalue weighted by Crippen LogP contribution is 2.18. The van der Waals surface area contributed by atoms with E-state index in [1.807, 2.05) is 0 Å². The van der Waals surface area contributed by atoms with Crippen molar-refractivity contribution in [3.63, 3.8) is 0 Å². The minimum Gasteiger partial charge on any atom is -0.302 e. The summed E-state index contributed by atoms with van der Waals surface area (Å²) in [6.45, 7) is 1.78. The van der Waals surface area contributed by atoms with Gasteiger partial charge in [0.2, 0.25) is 0 Å². The van der Waals surface area contributed by atoms with E-state index in [4.69, 9.17) is 0 Å². The smallest absolute Gasteiger partial charge is 0.139 e. The van der Waals surface area contributed by atoms with Crippen LogP contribution in [0, 0.1) is 6.92 Å². The van der Waals surface area contributed by atoms with Gasteiger partial charge in [0.1, 0.15) is 22.4 Å². The standard InChI is InChI=1S/C5H6N2OS2/c1-3-6-5(10-7-3)4(9)2-8/h2,4,9H,1H3. The topological polar surface area (TPSA) is 42.9 Å². The number of carbonyl (C=O) groups is 1. The van der Waals surface area contributed by atoms with Crippen molar-refractivity contribution in [1.29, 1.82) is 0 Å². The second kappa shape index (κ2) is 3.12. The molecule has 0 aliphatic heterocycles. The van der Waals surface area contributed by atoms with E-state index in [1.165, 1.54) is 11.5 Å². The molecule has 1 unspecified atom stereocenters. The van der Waals surface area contributed by atoms with Gasteiger partial charge < -0.3 is 4.79 Å². The predicted octanol–water partition coefficient (Wildman–Crippen LogP) is 1.02. The van der Waals surface area contributed by atoms with Gasteiger partial charge in [-0.3, -0.25) is 0 Å². The van der Waals surface area contributed by atoms with Crippen molar-refractivity contribution in [3.8, 4) is 0 Å². The molecular weight excluding hydrogens is 168 g/mol. The number of aryl methyl sites for hydroxylation is 1. The zero-order valence-electron chi connectivity index (χ0n) is 5.31. The Morgan fingerprint density at radius 3 is 2.90 bits per heavy atom. The number of nitrogens with zero attached hydrogens (tertiary/aromatic N) is 2. The largest absolute Gasteiger partial charge is 0.302 e. The van der Waals surface area contributed by atoms with Gasteiger partial charge in [-0.25, -0.2) is 4.98 Å². The Morgan fingerprint density at radius 2 is 2.50 bits per heavy atom. The lowest BCUT2D eigenvalue weighted by Crippen LogP contribution is -1.89. The number of rotatable bonds is 2. The Bertz CT molecular complexity index is 235. The summed E-state index contributed by atoms with van der Waals surface area (Å²) in [5, 5.41) is 0.252. The van der Waals surface area contributed by atoms with E-state index in [0.717, 1.165) is 6.29 Å². The minimum absolute atomic E-state index is 0.411. The highest BCUT2D eigenvalue weighted by atomic mass is 32.1. The predicted molar refractivity (Wildman–Crippen MR) is 42.4 cm³/mol. The van der Waals surface area contributed by atoms with Crippen LogP contribution < -0.4 is 0 Å². The van der Waals surface area contributed by atoms with Crippen LogP contribution in [-0.4, -0.2) is 15.6 Å². The Hall–Kier alpha value is -0.420. The molecule has 1 aromatic heterocycles. The van der Waals surface area contributed by atoms with E-state index in [2.05, 4.69) is 22.0 Å². The molecule has 1 atom stereocenters. The Kier molecular flexibility index (Phi) is 2.39. The van der Waals surface area contributed by atoms with Crippen LogP contribution in [0.25, 0.3) is 0 Å². The second-order valence-corrected chi connectivity index (χ2v) is 3.10. The minimum atomic E-state index is -0.411. The SMILES string of the molecule is Cc1nsc(C(S)C=O)n1. The van der Waals surface area contributed by atoms with Crippen molar-refractivity contribution < 1.29 is 4.79 Å². The molecule has 0 aliphatic rings. The van der Waals surface area contributed by atoms with E-state index in [0.29, 0.717) is 10.8 Å². The van der Waals surface area contributed by atoms with Crippen LogP contribution in [0.5, 0.6) is 0 Å². The van der Waals surface area contributed by atoms with Crippen LogP contribution in [0.15, 0.2) is 0 Å². The summed E-state index contributed by atoms with van der Waals surface area (Å²) in [6.07, 6.45) is 0.739. The molecule has 1 aromatic rings. The third-order valence-electron chi connectivity index (χ3n) is 0.925. The van der Waals surface area contributed by atoms with Crippen molar-refractivity contribution in [2.75, 3.05) is 0 Å². The fraction of sp³-hybridized carbons (Fsp3) is 0.400. The summed E-state index contributed by atoms with van der Waals surface area (Å²) in [5.41, 5.74) is 0. The molecule has 0 bridgehead atoms. The maximum absolute atomic E-state index is 10.2. The van der Waals surface area contributed by atoms with Crippen LogP contribution in [0.4, 0.5) is 0 Å². The van der Waals surface area contributed by atoms with Crippen molar-refractivity contribution in [1.82, 2.24) is 9.36 Å². The van der Waals surface area contributed by atoms with Gasteiger partial charge in [-0.1, -0.05) is 0 Å². The lowest BCUT2D eigenvalue weighted by molar-refractivity contribution is -0.107. The summed E-state index contributed by atoms with van der Waals surface area (Å²) < 4.78 is 3.91. The van der Waals surface area contributed by atoms with Crippen molar-refractivity contribution in [3.05, 3.63) is 10.8 Å². The third kappa shape index (κ3) is 1.54. The first-order valence-corrected chi connectivity index (χ1v) is 3.96. The van der Waals surface area contributed by atoms with Crippen LogP contribution in [-0.2, 0) is 4.79 Å². The summed E-state index contributed by atoms with van der Waals surface area (Å²) in [6, 6.07) is 0. The van der Waals surface area contributed by atoms with E-state index >= 15 is 0 Å². The van der Waals surface area contributed by atoms with Gasteiger partial charge in [0.25, 0.3) is 0 Å². The molecule has 3 nitrogen and oxygen atoms in total. The molecule has 0 amide bonds. The molecule has 0 fully saturated rings. The van der Waals surface area contributed by atoms with E-state index in [9.17, 15) is 4.79 Å². The zero-order chi connectivity index (χ0) is 7.56. The summed E-state index contributed by atoms with van der Waals surface area (Å²) in [7, 11) is 0. The van der Waals surface area contributed by atoms with Crippen molar-refractivity contribution in [2.45, 2.75) is 12.2 Å². The number of thiol groups is 1. The van der Waals surface area contributed by atoms with Crippen LogP contribution in [0.1, 0.15) is 16.1 Å². The van der Waals surface area contributed by atoms with Gasteiger partial charge in [-0.15, -0.1) is 0 Å². The molecule has 0 N–H and O–H groups in total. The quantitative estimate of drug-likeness (QED) is 0.537. The van der Waals surface area contributed by atoms with Gasteiger partial charge in [0.05, 0.1) is 0 Å². The van der Waals surface area contributed by atoms with Gasteiger partial charge in [0.15, 0.2) is 0 Å². The molecule has 10 heavy (non-hydrogen) atoms. The first-order chi connectivity index (χ1) is 4.74. The van der Waals surface area contributed by atoms with Gasteiger partial charge in [0, 0.05) is 0 Å². The number of hydrogen-bond acceptors (Lipinski definition) is 5. The summed E-state index contributed by atoms with van der Waals surface area (Å²) in [4.78, 5) is 14.2. The van der Waals surface area contributed by atoms with Crippen molar-refractivity contribution in [2.24, 2.45) is 0 Å². The molecule has 0 saturated carbocycles. The third-order valence-corrected chi connectivity index (χ3v) is 2.35. The molecular formula is C5H6N2OS2. The molecule has 0 radical (unpaired) electrons. The first kappa shape index (κ1) is 7.68. The summed E-state index contributed by atoms with van der Waals surface area (Å²) in [5.74, 6) is 0.695. The highest BCUT2D eigenvalue weighted by molar-refractivity contribution is 7.81. The fourth-order valence-electron chi connectivity index (χ4n) is 0.491. The summed E-state index contributed by atoms with van der Waals surface area (Å²) >= 11 is 5.19. The second-order valence-electron chi connectivity index (χ2n) is 1.76. The van der Waals surface area contributed by atoms with E-state index < -0.39 is 5.25 Å². The van der Waals surface area contributed by atoms with Gasteiger partial charge in [-0.05, 0) is 18.5 Å². The molecule has 5 heteroatoms. The molecule has 1 rings (SSSR count). The normalized spacial score (nSPS) is 13.0. The maximum atomic E-state index is 10.2. The van der Waals surface area contributed by atoms with Gasteiger partial charge in [-0.2, -0.15) is 17.0 Å². The lowest BCUT2D eigenvalue weighted by atomic mass is 10.5. The number of carbonyl (C=O) groups excluding carboxylic acids is 1. The Balaban J connectivity index is 2.84. The highest BCUT2D eigenvalue weighted by Gasteiger charge is 2.08. The molecule has 54 valence electrons. The van der Waals surface area contributed by atoms with Gasteiger partial charge >= 0.3 is 0 Å². The first-order valence-electron chi connectivity index (χ1n) is 2.67. The Labute approximate surface area is 68.1 Å². The fourth-order valence-corrected chi connectivity index (χ4v) is 1.29. The average Bonchev–Trinajstić information content (AvgIpc) is 2.34. The maximum Gasteiger partial charge on any atom is 0.139 e. The zero-order valence-corrected chi connectivity index (χ0v) is 7.02. The van der Waals surface area contributed by atoms with E-state index in [1.54, 1.807) is 6.92 Å². The lowest BCUT2D eigenvalue weighted by Gasteiger charge is -1.91. The monoisotopic (exact) mass is 174 g/mol. The molecule has 0 saturated heterocycles. The molecule has 0 aromatic carbocycles. The number of hydrogen-bond donors (Lipinski definition) is 1. The average molecular weight is 174 g/mol. The van der Waals surface area contributed by atoms with Crippen LogP contribution in [0.2, 0.25) is 0 Å². The molecule has 1 heterocycles. The van der Waals surface area contributed by atoms with E-state index in [-0.39, 0.29) is 0 Å². The Morgan fingerprint density at radius 1 is 1.80 bits per heavy atom. The number of aldehydes is 1.